The van der Waals surface area contributed by atoms with E-state index < -0.39 is 4.92 Å². The van der Waals surface area contributed by atoms with Crippen molar-refractivity contribution < 1.29 is 9.72 Å². The van der Waals surface area contributed by atoms with Crippen LogP contribution in [0.3, 0.4) is 0 Å². The highest BCUT2D eigenvalue weighted by Gasteiger charge is 2.22. The summed E-state index contributed by atoms with van der Waals surface area (Å²) in [4.78, 5) is 27.1. The van der Waals surface area contributed by atoms with Gasteiger partial charge in [-0.25, -0.2) is 0 Å². The molecule has 0 N–H and O–H groups in total. The zero-order valence-electron chi connectivity index (χ0n) is 15.0. The summed E-state index contributed by atoms with van der Waals surface area (Å²) in [7, 11) is 0. The van der Waals surface area contributed by atoms with Crippen molar-refractivity contribution in [2.75, 3.05) is 26.2 Å². The van der Waals surface area contributed by atoms with Crippen molar-refractivity contribution in [2.45, 2.75) is 6.67 Å². The predicted octanol–water partition coefficient (Wildman–Crippen LogP) is 3.01. The summed E-state index contributed by atoms with van der Waals surface area (Å²) in [5.41, 5.74) is 1.55. The molecule has 1 aromatic heterocycles. The number of fused-ring (bicyclic) bond motifs is 1. The van der Waals surface area contributed by atoms with Crippen molar-refractivity contribution >= 4 is 34.1 Å². The highest BCUT2D eigenvalue weighted by Crippen LogP contribution is 2.21. The topological polar surface area (TPSA) is 84.5 Å². The fourth-order valence-corrected chi connectivity index (χ4v) is 3.48. The standard InChI is InChI=1S/C19H18ClN5O3/c20-16-3-1-14(2-4-16)19(26)23-9-7-22(8-10-23)13-24-18-6-5-17(25(27)28)11-15(18)12-21-24/h1-6,11-12H,7-10,13H2. The molecule has 9 heteroatoms. The third kappa shape index (κ3) is 3.69. The Morgan fingerprint density at radius 1 is 1.11 bits per heavy atom. The molecular formula is C19H18ClN5O3. The van der Waals surface area contributed by atoms with Gasteiger partial charge in [-0.3, -0.25) is 24.5 Å². The second-order valence-electron chi connectivity index (χ2n) is 6.70. The second kappa shape index (κ2) is 7.57. The molecule has 2 aromatic carbocycles. The molecule has 28 heavy (non-hydrogen) atoms. The van der Waals surface area contributed by atoms with Gasteiger partial charge in [0.2, 0.25) is 0 Å². The van der Waals surface area contributed by atoms with Gasteiger partial charge < -0.3 is 4.90 Å². The third-order valence-electron chi connectivity index (χ3n) is 4.92. The molecule has 0 aliphatic carbocycles. The van der Waals surface area contributed by atoms with Crippen LogP contribution in [-0.2, 0) is 6.67 Å². The van der Waals surface area contributed by atoms with Crippen molar-refractivity contribution in [2.24, 2.45) is 0 Å². The summed E-state index contributed by atoms with van der Waals surface area (Å²) in [6.45, 7) is 3.30. The highest BCUT2D eigenvalue weighted by molar-refractivity contribution is 6.30. The molecule has 0 saturated carbocycles. The number of piperazine rings is 1. The van der Waals surface area contributed by atoms with E-state index in [9.17, 15) is 14.9 Å². The Morgan fingerprint density at radius 3 is 2.50 bits per heavy atom. The first-order valence-corrected chi connectivity index (χ1v) is 9.26. The number of nitrogens with zero attached hydrogens (tertiary/aromatic N) is 5. The molecule has 0 unspecified atom stereocenters. The molecule has 0 radical (unpaired) electrons. The number of nitro groups is 1. The van der Waals surface area contributed by atoms with Crippen molar-refractivity contribution in [1.29, 1.82) is 0 Å². The van der Waals surface area contributed by atoms with Crippen LogP contribution in [0.4, 0.5) is 5.69 Å². The number of non-ortho nitro benzene ring substituents is 1. The van der Waals surface area contributed by atoms with E-state index in [1.807, 2.05) is 9.58 Å². The molecule has 0 bridgehead atoms. The fourth-order valence-electron chi connectivity index (χ4n) is 3.36. The summed E-state index contributed by atoms with van der Waals surface area (Å²) in [6, 6.07) is 11.7. The van der Waals surface area contributed by atoms with Crippen LogP contribution in [0.25, 0.3) is 10.9 Å². The number of nitro benzene ring substituents is 1. The van der Waals surface area contributed by atoms with Gasteiger partial charge >= 0.3 is 0 Å². The SMILES string of the molecule is O=C(c1ccc(Cl)cc1)N1CCN(Cn2ncc3cc([N+](=O)[O-])ccc32)CC1. The summed E-state index contributed by atoms with van der Waals surface area (Å²) in [6.07, 6.45) is 1.64. The quantitative estimate of drug-likeness (QED) is 0.497. The number of rotatable bonds is 4. The lowest BCUT2D eigenvalue weighted by Crippen LogP contribution is -2.49. The van der Waals surface area contributed by atoms with E-state index in [0.29, 0.717) is 30.3 Å². The molecule has 1 aliphatic rings. The maximum absolute atomic E-state index is 12.6. The minimum absolute atomic E-state index is 0.00756. The van der Waals surface area contributed by atoms with Gasteiger partial charge in [-0.05, 0) is 30.3 Å². The predicted molar refractivity (Wildman–Crippen MR) is 105 cm³/mol. The first kappa shape index (κ1) is 18.4. The lowest BCUT2D eigenvalue weighted by Gasteiger charge is -2.34. The molecule has 2 heterocycles. The van der Waals surface area contributed by atoms with Gasteiger partial charge in [0, 0.05) is 54.3 Å². The van der Waals surface area contributed by atoms with Crippen LogP contribution >= 0.6 is 11.6 Å². The van der Waals surface area contributed by atoms with Crippen LogP contribution in [0.15, 0.2) is 48.7 Å². The van der Waals surface area contributed by atoms with Crippen molar-refractivity contribution in [1.82, 2.24) is 19.6 Å². The minimum atomic E-state index is -0.409. The van der Waals surface area contributed by atoms with E-state index in [2.05, 4.69) is 10.00 Å². The van der Waals surface area contributed by atoms with Gasteiger partial charge in [0.05, 0.1) is 23.3 Å². The summed E-state index contributed by atoms with van der Waals surface area (Å²) in [5.74, 6) is 0.00756. The van der Waals surface area contributed by atoms with Crippen LogP contribution in [0.2, 0.25) is 5.02 Å². The zero-order valence-corrected chi connectivity index (χ0v) is 15.7. The number of carbonyl (C=O) groups excluding carboxylic acids is 1. The first-order chi connectivity index (χ1) is 13.5. The number of benzene rings is 2. The van der Waals surface area contributed by atoms with E-state index in [1.165, 1.54) is 12.1 Å². The van der Waals surface area contributed by atoms with Crippen LogP contribution < -0.4 is 0 Å². The maximum atomic E-state index is 12.6. The number of halogens is 1. The summed E-state index contributed by atoms with van der Waals surface area (Å²) >= 11 is 5.88. The number of carbonyl (C=O) groups is 1. The Hall–Kier alpha value is -2.97. The monoisotopic (exact) mass is 399 g/mol. The van der Waals surface area contributed by atoms with Gasteiger partial charge in [-0.2, -0.15) is 5.10 Å². The van der Waals surface area contributed by atoms with Gasteiger partial charge in [0.25, 0.3) is 11.6 Å². The molecular weight excluding hydrogens is 382 g/mol. The van der Waals surface area contributed by atoms with E-state index >= 15 is 0 Å². The van der Waals surface area contributed by atoms with Crippen LogP contribution in [0.5, 0.6) is 0 Å². The molecule has 1 fully saturated rings. The summed E-state index contributed by atoms with van der Waals surface area (Å²) < 4.78 is 1.83. The van der Waals surface area contributed by atoms with Gasteiger partial charge in [0.15, 0.2) is 0 Å². The lowest BCUT2D eigenvalue weighted by atomic mass is 10.2. The normalized spacial score (nSPS) is 15.1. The maximum Gasteiger partial charge on any atom is 0.270 e. The number of hydrogen-bond donors (Lipinski definition) is 0. The highest BCUT2D eigenvalue weighted by atomic mass is 35.5. The average Bonchev–Trinajstić information content (AvgIpc) is 3.10. The Kier molecular flexibility index (Phi) is 4.97. The first-order valence-electron chi connectivity index (χ1n) is 8.88. The fraction of sp³-hybridized carbons (Fsp3) is 0.263. The van der Waals surface area contributed by atoms with Crippen molar-refractivity contribution in [3.63, 3.8) is 0 Å². The second-order valence-corrected chi connectivity index (χ2v) is 7.14. The van der Waals surface area contributed by atoms with Gasteiger partial charge in [-0.15, -0.1) is 0 Å². The largest absolute Gasteiger partial charge is 0.336 e. The molecule has 3 aromatic rings. The number of aromatic nitrogens is 2. The smallest absolute Gasteiger partial charge is 0.270 e. The summed E-state index contributed by atoms with van der Waals surface area (Å²) in [5, 5.41) is 16.6. The minimum Gasteiger partial charge on any atom is -0.336 e. The molecule has 0 atom stereocenters. The molecule has 1 amide bonds. The molecule has 8 nitrogen and oxygen atoms in total. The van der Waals surface area contributed by atoms with Gasteiger partial charge in [-0.1, -0.05) is 11.6 Å². The zero-order chi connectivity index (χ0) is 19.7. The molecule has 1 aliphatic heterocycles. The Bertz CT molecular complexity index is 1030. The molecule has 144 valence electrons. The van der Waals surface area contributed by atoms with E-state index in [-0.39, 0.29) is 11.6 Å². The van der Waals surface area contributed by atoms with E-state index in [4.69, 9.17) is 11.6 Å². The molecule has 4 rings (SSSR count). The van der Waals surface area contributed by atoms with Crippen LogP contribution in [0, 0.1) is 10.1 Å². The third-order valence-corrected chi connectivity index (χ3v) is 5.17. The molecule has 1 saturated heterocycles. The van der Waals surface area contributed by atoms with E-state index in [1.54, 1.807) is 36.5 Å². The van der Waals surface area contributed by atoms with Crippen LogP contribution in [0.1, 0.15) is 10.4 Å². The van der Waals surface area contributed by atoms with Crippen LogP contribution in [-0.4, -0.2) is 56.6 Å². The molecule has 0 spiro atoms. The number of amides is 1. The van der Waals surface area contributed by atoms with Crippen molar-refractivity contribution in [3.05, 3.63) is 69.4 Å². The van der Waals surface area contributed by atoms with Crippen molar-refractivity contribution in [3.8, 4) is 0 Å². The Labute approximate surface area is 166 Å². The Morgan fingerprint density at radius 2 is 1.82 bits per heavy atom. The number of hydrogen-bond acceptors (Lipinski definition) is 5. The van der Waals surface area contributed by atoms with Gasteiger partial charge in [0.1, 0.15) is 0 Å². The Balaban J connectivity index is 1.39. The lowest BCUT2D eigenvalue weighted by molar-refractivity contribution is -0.384. The van der Waals surface area contributed by atoms with E-state index in [0.717, 1.165) is 24.0 Å². The average molecular weight is 400 g/mol.